The van der Waals surface area contributed by atoms with Crippen LogP contribution in [0, 0.1) is 0 Å². The summed E-state index contributed by atoms with van der Waals surface area (Å²) in [5.74, 6) is -2.09. The molecule has 0 aliphatic carbocycles. The Morgan fingerprint density at radius 2 is 1.38 bits per heavy atom. The second-order valence-electron chi connectivity index (χ2n) is 9.18. The van der Waals surface area contributed by atoms with E-state index in [1.54, 1.807) is 24.3 Å². The molecule has 6 atom stereocenters. The highest BCUT2D eigenvalue weighted by Gasteiger charge is 2.53. The Labute approximate surface area is 227 Å². The van der Waals surface area contributed by atoms with Crippen molar-refractivity contribution in [2.75, 3.05) is 19.8 Å². The quantitative estimate of drug-likeness (QED) is 0.261. The Hall–Kier alpha value is -3.42. The van der Waals surface area contributed by atoms with Crippen molar-refractivity contribution in [2.45, 2.75) is 84.4 Å². The average Bonchev–Trinajstić information content (AvgIpc) is 2.83. The van der Waals surface area contributed by atoms with Crippen LogP contribution in [0.25, 0.3) is 0 Å². The van der Waals surface area contributed by atoms with Crippen LogP contribution in [0.3, 0.4) is 0 Å². The van der Waals surface area contributed by atoms with E-state index in [4.69, 9.17) is 33.2 Å². The number of rotatable bonds is 13. The monoisotopic (exact) mass is 555 g/mol. The molecule has 0 amide bonds. The van der Waals surface area contributed by atoms with Crippen molar-refractivity contribution in [2.24, 2.45) is 0 Å². The summed E-state index contributed by atoms with van der Waals surface area (Å²) >= 11 is 0. The molecule has 1 saturated heterocycles. The maximum atomic E-state index is 11.9. The third kappa shape index (κ3) is 11.1. The lowest BCUT2D eigenvalue weighted by molar-refractivity contribution is -0.288. The van der Waals surface area contributed by atoms with Gasteiger partial charge in [0.1, 0.15) is 36.9 Å². The molecule has 0 aromatic heterocycles. The lowest BCUT2D eigenvalue weighted by Gasteiger charge is -2.43. The molecule has 2 rings (SSSR count). The first-order valence-corrected chi connectivity index (χ1v) is 12.5. The molecular weight excluding hydrogens is 518 g/mol. The normalized spacial score (nSPS) is 23.3. The minimum atomic E-state index is -1.35. The van der Waals surface area contributed by atoms with Gasteiger partial charge in [-0.05, 0) is 24.3 Å². The third-order valence-electron chi connectivity index (χ3n) is 5.23. The molecule has 1 fully saturated rings. The first-order valence-electron chi connectivity index (χ1n) is 12.5. The molecule has 0 spiro atoms. The second kappa shape index (κ2) is 15.2. The summed E-state index contributed by atoms with van der Waals surface area (Å²) in [7, 11) is 0. The number of carbonyl (C=O) groups excluding carboxylic acids is 4. The number of aliphatic hydroxyl groups excluding tert-OH is 1. The zero-order valence-corrected chi connectivity index (χ0v) is 22.9. The van der Waals surface area contributed by atoms with Crippen molar-refractivity contribution in [1.29, 1.82) is 0 Å². The first kappa shape index (κ1) is 31.8. The molecule has 1 aliphatic rings. The molecule has 218 valence electrons. The van der Waals surface area contributed by atoms with Crippen LogP contribution in [-0.2, 0) is 42.9 Å². The van der Waals surface area contributed by atoms with Crippen LogP contribution in [0.1, 0.15) is 41.5 Å². The highest BCUT2D eigenvalue weighted by molar-refractivity contribution is 5.68. The number of hydrogen-bond donors (Lipinski definition) is 2. The van der Waals surface area contributed by atoms with E-state index in [9.17, 15) is 24.3 Å². The summed E-state index contributed by atoms with van der Waals surface area (Å²) < 4.78 is 38.6. The number of nitrogens with one attached hydrogen (secondary N) is 1. The van der Waals surface area contributed by atoms with Crippen LogP contribution >= 0.6 is 0 Å². The van der Waals surface area contributed by atoms with Gasteiger partial charge in [0.15, 0.2) is 12.2 Å². The van der Waals surface area contributed by atoms with Gasteiger partial charge in [0.05, 0.1) is 0 Å². The summed E-state index contributed by atoms with van der Waals surface area (Å²) in [5.41, 5.74) is 0. The topological polar surface area (TPSA) is 165 Å². The predicted octanol–water partition coefficient (Wildman–Crippen LogP) is 0.886. The fourth-order valence-electron chi connectivity index (χ4n) is 3.66. The predicted molar refractivity (Wildman–Crippen MR) is 134 cm³/mol. The van der Waals surface area contributed by atoms with Crippen LogP contribution in [0.15, 0.2) is 24.3 Å². The molecule has 2 N–H and O–H groups in total. The van der Waals surface area contributed by atoms with E-state index in [1.807, 2.05) is 13.8 Å². The minimum absolute atomic E-state index is 0.0691. The summed E-state index contributed by atoms with van der Waals surface area (Å²) in [6.07, 6.45) is -7.13. The first-order chi connectivity index (χ1) is 18.3. The Balaban J connectivity index is 2.24. The molecule has 1 heterocycles. The summed E-state index contributed by atoms with van der Waals surface area (Å²) in [6.45, 7) is 8.63. The van der Waals surface area contributed by atoms with E-state index in [-0.39, 0.29) is 25.0 Å². The molecule has 39 heavy (non-hydrogen) atoms. The number of aliphatic hydroxyl groups is 1. The fourth-order valence-corrected chi connectivity index (χ4v) is 3.66. The van der Waals surface area contributed by atoms with Crippen molar-refractivity contribution in [3.05, 3.63) is 24.3 Å². The van der Waals surface area contributed by atoms with E-state index in [0.717, 1.165) is 20.8 Å². The van der Waals surface area contributed by atoms with Gasteiger partial charge in [-0.1, -0.05) is 13.8 Å². The highest BCUT2D eigenvalue weighted by Crippen LogP contribution is 2.31. The smallest absolute Gasteiger partial charge is 0.303 e. The van der Waals surface area contributed by atoms with Crippen LogP contribution in [0.2, 0.25) is 0 Å². The number of benzene rings is 1. The molecule has 0 saturated carbocycles. The molecule has 1 aromatic rings. The van der Waals surface area contributed by atoms with E-state index >= 15 is 0 Å². The molecule has 1 aromatic carbocycles. The van der Waals surface area contributed by atoms with E-state index in [2.05, 4.69) is 5.32 Å². The maximum Gasteiger partial charge on any atom is 0.303 e. The Morgan fingerprint density at radius 1 is 0.846 bits per heavy atom. The summed E-state index contributed by atoms with van der Waals surface area (Å²) in [5, 5.41) is 13.1. The highest BCUT2D eigenvalue weighted by atomic mass is 16.7. The van der Waals surface area contributed by atoms with Gasteiger partial charge in [-0.2, -0.15) is 0 Å². The Bertz CT molecular complexity index is 966. The number of esters is 4. The average molecular weight is 556 g/mol. The number of hydrogen-bond acceptors (Lipinski definition) is 13. The van der Waals surface area contributed by atoms with Gasteiger partial charge in [0.2, 0.25) is 12.4 Å². The fraction of sp³-hybridized carbons (Fsp3) is 0.615. The molecule has 0 unspecified atom stereocenters. The van der Waals surface area contributed by atoms with Crippen LogP contribution in [0.4, 0.5) is 0 Å². The Kier molecular flexibility index (Phi) is 12.4. The van der Waals surface area contributed by atoms with E-state index < -0.39 is 60.7 Å². The second-order valence-corrected chi connectivity index (χ2v) is 9.18. The Morgan fingerprint density at radius 3 is 1.92 bits per heavy atom. The molecule has 13 heteroatoms. The third-order valence-corrected chi connectivity index (χ3v) is 5.23. The largest absolute Gasteiger partial charge is 0.491 e. The van der Waals surface area contributed by atoms with Crippen molar-refractivity contribution < 1.29 is 57.4 Å². The van der Waals surface area contributed by atoms with E-state index in [0.29, 0.717) is 12.3 Å². The zero-order chi connectivity index (χ0) is 29.1. The van der Waals surface area contributed by atoms with Crippen molar-refractivity contribution in [1.82, 2.24) is 5.32 Å². The van der Waals surface area contributed by atoms with Crippen LogP contribution in [-0.4, -0.2) is 91.6 Å². The molecular formula is C26H37NO12. The van der Waals surface area contributed by atoms with Crippen LogP contribution in [0.5, 0.6) is 11.5 Å². The van der Waals surface area contributed by atoms with Crippen molar-refractivity contribution in [3.8, 4) is 11.5 Å². The standard InChI is InChI=1S/C26H37NO12/c1-14(2)27-11-19(32)12-34-20-7-9-21(10-8-20)38-26-25(37-18(6)31)24(36-17(5)30)23(35-16(4)29)22(39-26)13-33-15(3)28/h7-10,14,19,22-27,32H,11-13H2,1-6H3/t19-,22+,23+,24-,25+,26-/m0/s1. The minimum Gasteiger partial charge on any atom is -0.491 e. The maximum absolute atomic E-state index is 11.9. The SMILES string of the molecule is CC(=O)OC[C@H]1O[C@H](Oc2ccc(OC[C@@H](O)CNC(C)C)cc2)[C@H](OC(C)=O)[C@@H](OC(C)=O)[C@@H]1OC(C)=O. The summed E-state index contributed by atoms with van der Waals surface area (Å²) in [6, 6.07) is 6.55. The summed E-state index contributed by atoms with van der Waals surface area (Å²) in [4.78, 5) is 47.1. The van der Waals surface area contributed by atoms with Gasteiger partial charge in [0.25, 0.3) is 0 Å². The number of carbonyl (C=O) groups is 4. The lowest BCUT2D eigenvalue weighted by Crippen LogP contribution is -2.63. The van der Waals surface area contributed by atoms with Crippen LogP contribution < -0.4 is 14.8 Å². The molecule has 13 nitrogen and oxygen atoms in total. The molecule has 0 bridgehead atoms. The number of ether oxygens (including phenoxy) is 7. The molecule has 1 aliphatic heterocycles. The van der Waals surface area contributed by atoms with Gasteiger partial charge < -0.3 is 43.6 Å². The van der Waals surface area contributed by atoms with Crippen molar-refractivity contribution >= 4 is 23.9 Å². The van der Waals surface area contributed by atoms with Gasteiger partial charge >= 0.3 is 23.9 Å². The zero-order valence-electron chi connectivity index (χ0n) is 22.9. The lowest BCUT2D eigenvalue weighted by atomic mass is 9.98. The van der Waals surface area contributed by atoms with Gasteiger partial charge in [-0.25, -0.2) is 0 Å². The molecule has 0 radical (unpaired) electrons. The van der Waals surface area contributed by atoms with Gasteiger partial charge in [-0.15, -0.1) is 0 Å². The van der Waals surface area contributed by atoms with Crippen molar-refractivity contribution in [3.63, 3.8) is 0 Å². The van der Waals surface area contributed by atoms with E-state index in [1.165, 1.54) is 6.92 Å². The van der Waals surface area contributed by atoms with Gasteiger partial charge in [0, 0.05) is 40.3 Å². The van der Waals surface area contributed by atoms with Gasteiger partial charge in [-0.3, -0.25) is 19.2 Å².